The number of hydrogen-bond acceptors (Lipinski definition) is 2. The molecule has 0 bridgehead atoms. The largest absolute Gasteiger partial charge is 1.00 e. The summed E-state index contributed by atoms with van der Waals surface area (Å²) in [6.45, 7) is -5.79. The molecule has 0 heterocycles. The molecule has 0 atom stereocenters. The summed E-state index contributed by atoms with van der Waals surface area (Å²) in [6, 6.07) is 1.94. The summed E-state index contributed by atoms with van der Waals surface area (Å²) in [6.07, 6.45) is -5.25. The molecule has 0 aliphatic rings. The van der Waals surface area contributed by atoms with Crippen LogP contribution in [-0.4, -0.2) is 18.4 Å². The second kappa shape index (κ2) is 5.83. The number of phenols is 1. The Balaban J connectivity index is 0.00000256. The van der Waals surface area contributed by atoms with Crippen LogP contribution in [0.25, 0.3) is 0 Å². The molecule has 0 unspecified atom stereocenters. The predicted molar refractivity (Wildman–Crippen MR) is 43.5 cm³/mol. The molecule has 0 aromatic heterocycles. The fourth-order valence-corrected chi connectivity index (χ4v) is 1.08. The number of hydrogen-bond donors (Lipinski definition) is 1. The van der Waals surface area contributed by atoms with Crippen LogP contribution in [0, 0.1) is 0 Å². The standard InChI is InChI=1S/C7H4BF6O2.K/c9-7(10,11)16-5-3-1-2-4(15)6(5)8(12,13)14;/h1-3,15H;/q-1;+1. The van der Waals surface area contributed by atoms with E-state index in [0.29, 0.717) is 12.1 Å². The normalized spacial score (nSPS) is 11.9. The van der Waals surface area contributed by atoms with E-state index in [-0.39, 0.29) is 51.4 Å². The second-order valence-electron chi connectivity index (χ2n) is 2.81. The van der Waals surface area contributed by atoms with Gasteiger partial charge in [0.25, 0.3) is 0 Å². The smallest absolute Gasteiger partial charge is 0.511 e. The van der Waals surface area contributed by atoms with E-state index in [0.717, 1.165) is 6.07 Å². The first-order valence-corrected chi connectivity index (χ1v) is 3.89. The summed E-state index contributed by atoms with van der Waals surface area (Å²) in [4.78, 5) is 0. The van der Waals surface area contributed by atoms with Gasteiger partial charge in [-0.2, -0.15) is 0 Å². The minimum atomic E-state index is -5.79. The summed E-state index contributed by atoms with van der Waals surface area (Å²) in [5.41, 5.74) is -1.79. The van der Waals surface area contributed by atoms with Crippen LogP contribution < -0.4 is 61.6 Å². The average molecular weight is 284 g/mol. The van der Waals surface area contributed by atoms with Crippen LogP contribution in [0.5, 0.6) is 11.5 Å². The van der Waals surface area contributed by atoms with Crippen LogP contribution in [0.2, 0.25) is 0 Å². The number of phenolic OH excluding ortho intramolecular Hbond substituents is 1. The molecule has 0 spiro atoms. The predicted octanol–water partition coefficient (Wildman–Crippen LogP) is -0.651. The first kappa shape index (κ1) is 17.1. The third-order valence-electron chi connectivity index (χ3n) is 1.60. The van der Waals surface area contributed by atoms with E-state index in [9.17, 15) is 26.1 Å². The van der Waals surface area contributed by atoms with Crippen LogP contribution in [0.3, 0.4) is 0 Å². The summed E-state index contributed by atoms with van der Waals surface area (Å²) in [7, 11) is 0. The Hall–Kier alpha value is 0.101. The number of alkyl halides is 3. The van der Waals surface area contributed by atoms with Crippen molar-refractivity contribution in [2.75, 3.05) is 0 Å². The van der Waals surface area contributed by atoms with Gasteiger partial charge in [0.15, 0.2) is 0 Å². The first-order valence-electron chi connectivity index (χ1n) is 3.89. The summed E-state index contributed by atoms with van der Waals surface area (Å²) < 4.78 is 75.5. The van der Waals surface area contributed by atoms with Crippen LogP contribution in [0.1, 0.15) is 0 Å². The van der Waals surface area contributed by atoms with Crippen molar-refractivity contribution >= 4 is 12.4 Å². The molecule has 0 aliphatic carbocycles. The number of rotatable bonds is 2. The summed E-state index contributed by atoms with van der Waals surface area (Å²) in [5, 5.41) is 8.87. The maximum atomic E-state index is 12.3. The minimum Gasteiger partial charge on any atom is -0.511 e. The van der Waals surface area contributed by atoms with E-state index >= 15 is 0 Å². The van der Waals surface area contributed by atoms with Gasteiger partial charge in [0.05, 0.1) is 5.75 Å². The molecule has 1 aromatic carbocycles. The number of aromatic hydroxyl groups is 1. The van der Waals surface area contributed by atoms with E-state index in [1.807, 2.05) is 0 Å². The molecule has 10 heteroatoms. The second-order valence-corrected chi connectivity index (χ2v) is 2.81. The molecular weight excluding hydrogens is 280 g/mol. The molecule has 17 heavy (non-hydrogen) atoms. The molecular formula is C7H4BF6KO2. The van der Waals surface area contributed by atoms with Crippen molar-refractivity contribution in [3.05, 3.63) is 18.2 Å². The molecule has 0 fully saturated rings. The third kappa shape index (κ3) is 5.08. The fraction of sp³-hybridized carbons (Fsp3) is 0.143. The number of ether oxygens (including phenoxy) is 1. The van der Waals surface area contributed by atoms with Crippen molar-refractivity contribution in [2.45, 2.75) is 6.36 Å². The van der Waals surface area contributed by atoms with Crippen molar-refractivity contribution in [3.63, 3.8) is 0 Å². The Kier molecular flexibility index (Phi) is 5.86. The topological polar surface area (TPSA) is 29.5 Å². The van der Waals surface area contributed by atoms with Gasteiger partial charge in [-0.3, -0.25) is 0 Å². The molecule has 2 nitrogen and oxygen atoms in total. The summed E-state index contributed by atoms with van der Waals surface area (Å²) in [5.74, 6) is -2.76. The van der Waals surface area contributed by atoms with E-state index in [1.54, 1.807) is 0 Å². The Morgan fingerprint density at radius 1 is 1.12 bits per heavy atom. The zero-order chi connectivity index (χ0) is 12.6. The Morgan fingerprint density at radius 2 is 1.65 bits per heavy atom. The van der Waals surface area contributed by atoms with Crippen molar-refractivity contribution in [1.29, 1.82) is 0 Å². The molecule has 0 saturated heterocycles. The van der Waals surface area contributed by atoms with E-state index in [1.165, 1.54) is 0 Å². The van der Waals surface area contributed by atoms with E-state index in [2.05, 4.69) is 4.74 Å². The van der Waals surface area contributed by atoms with Gasteiger partial charge in [-0.25, -0.2) is 0 Å². The quantitative estimate of drug-likeness (QED) is 0.577. The van der Waals surface area contributed by atoms with Crippen molar-refractivity contribution in [1.82, 2.24) is 0 Å². The molecule has 90 valence electrons. The van der Waals surface area contributed by atoms with Crippen molar-refractivity contribution in [3.8, 4) is 11.5 Å². The number of benzene rings is 1. The zero-order valence-electron chi connectivity index (χ0n) is 8.43. The summed E-state index contributed by atoms with van der Waals surface area (Å²) >= 11 is 0. The van der Waals surface area contributed by atoms with Gasteiger partial charge in [0, 0.05) is 0 Å². The molecule has 1 N–H and O–H groups in total. The maximum absolute atomic E-state index is 12.3. The molecule has 1 rings (SSSR count). The van der Waals surface area contributed by atoms with Crippen LogP contribution in [-0.2, 0) is 0 Å². The maximum Gasteiger partial charge on any atom is 1.00 e. The Labute approximate surface area is 134 Å². The number of halogens is 6. The average Bonchev–Trinajstić information content (AvgIpc) is 1.97. The monoisotopic (exact) mass is 284 g/mol. The molecule has 0 aliphatic heterocycles. The Morgan fingerprint density at radius 3 is 2.06 bits per heavy atom. The fourth-order valence-electron chi connectivity index (χ4n) is 1.08. The van der Waals surface area contributed by atoms with Crippen molar-refractivity contribution in [2.24, 2.45) is 0 Å². The van der Waals surface area contributed by atoms with Gasteiger partial charge in [0.2, 0.25) is 0 Å². The van der Waals surface area contributed by atoms with Gasteiger partial charge in [0.1, 0.15) is 5.75 Å². The van der Waals surface area contributed by atoms with Crippen LogP contribution in [0.15, 0.2) is 18.2 Å². The molecule has 0 radical (unpaired) electrons. The van der Waals surface area contributed by atoms with Gasteiger partial charge in [-0.15, -0.1) is 13.2 Å². The molecule has 0 saturated carbocycles. The van der Waals surface area contributed by atoms with Crippen LogP contribution in [0.4, 0.5) is 26.1 Å². The van der Waals surface area contributed by atoms with Gasteiger partial charge < -0.3 is 22.8 Å². The van der Waals surface area contributed by atoms with Crippen LogP contribution >= 0.6 is 0 Å². The third-order valence-corrected chi connectivity index (χ3v) is 1.60. The molecule has 1 aromatic rings. The minimum absolute atomic E-state index is 0. The van der Waals surface area contributed by atoms with E-state index in [4.69, 9.17) is 5.11 Å². The zero-order valence-corrected chi connectivity index (χ0v) is 11.6. The van der Waals surface area contributed by atoms with Gasteiger partial charge in [-0.1, -0.05) is 6.07 Å². The van der Waals surface area contributed by atoms with E-state index < -0.39 is 30.3 Å². The molecule has 0 amide bonds. The SMILES string of the molecule is Oc1cccc(OC(F)(F)F)c1[B-](F)(F)F.[K+]. The Bertz CT molecular complexity index is 391. The van der Waals surface area contributed by atoms with Gasteiger partial charge >= 0.3 is 64.7 Å². The van der Waals surface area contributed by atoms with Gasteiger partial charge in [-0.05, 0) is 17.6 Å². The van der Waals surface area contributed by atoms with Crippen molar-refractivity contribution < 1.29 is 87.3 Å². The first-order chi connectivity index (χ1) is 7.11.